The van der Waals surface area contributed by atoms with Crippen molar-refractivity contribution >= 4 is 11.9 Å². The molecule has 2 N–H and O–H groups in total. The van der Waals surface area contributed by atoms with Gasteiger partial charge in [0.05, 0.1) is 24.9 Å². The van der Waals surface area contributed by atoms with Crippen molar-refractivity contribution in [2.75, 3.05) is 13.7 Å². The molecule has 1 aromatic heterocycles. The molecule has 24 heavy (non-hydrogen) atoms. The van der Waals surface area contributed by atoms with Crippen molar-refractivity contribution in [2.24, 2.45) is 5.92 Å². The molecule has 0 aliphatic rings. The van der Waals surface area contributed by atoms with E-state index in [4.69, 9.17) is 9.84 Å². The average molecular weight is 331 g/mol. The number of benzene rings is 1. The van der Waals surface area contributed by atoms with Crippen LogP contribution in [0.4, 0.5) is 0 Å². The number of aliphatic carboxylic acids is 1. The molecule has 0 fully saturated rings. The van der Waals surface area contributed by atoms with E-state index in [-0.39, 0.29) is 12.2 Å². The van der Waals surface area contributed by atoms with Crippen molar-refractivity contribution in [3.63, 3.8) is 0 Å². The Morgan fingerprint density at radius 1 is 1.33 bits per heavy atom. The minimum absolute atomic E-state index is 0.0589. The zero-order valence-corrected chi connectivity index (χ0v) is 13.7. The molecule has 1 amide bonds. The number of ether oxygens (including phenoxy) is 1. The number of amides is 1. The Kier molecular flexibility index (Phi) is 5.95. The fraction of sp³-hybridized carbons (Fsp3) is 0.353. The summed E-state index contributed by atoms with van der Waals surface area (Å²) in [6.07, 6.45) is 2.86. The Hall–Kier alpha value is -2.83. The van der Waals surface area contributed by atoms with Gasteiger partial charge in [-0.1, -0.05) is 31.5 Å². The van der Waals surface area contributed by atoms with Gasteiger partial charge in [-0.25, -0.2) is 4.68 Å². The minimum Gasteiger partial charge on any atom is -0.493 e. The van der Waals surface area contributed by atoms with Crippen LogP contribution in [0.3, 0.4) is 0 Å². The molecule has 2 rings (SSSR count). The van der Waals surface area contributed by atoms with Crippen molar-refractivity contribution < 1.29 is 19.4 Å². The lowest BCUT2D eigenvalue weighted by atomic mass is 10.0. The molecule has 7 nitrogen and oxygen atoms in total. The van der Waals surface area contributed by atoms with E-state index in [9.17, 15) is 9.59 Å². The van der Waals surface area contributed by atoms with E-state index < -0.39 is 17.8 Å². The molecule has 0 saturated carbocycles. The Labute approximate surface area is 140 Å². The number of hydrogen-bond donors (Lipinski definition) is 2. The van der Waals surface area contributed by atoms with Crippen LogP contribution in [0.2, 0.25) is 0 Å². The molecule has 0 radical (unpaired) electrons. The monoisotopic (exact) mass is 331 g/mol. The number of carbonyl (C=O) groups excluding carboxylic acids is 1. The number of carboxylic acids is 1. The molecular weight excluding hydrogens is 310 g/mol. The van der Waals surface area contributed by atoms with E-state index in [1.807, 2.05) is 37.3 Å². The van der Waals surface area contributed by atoms with E-state index in [2.05, 4.69) is 10.4 Å². The van der Waals surface area contributed by atoms with Crippen LogP contribution in [0.25, 0.3) is 5.69 Å². The fourth-order valence-corrected chi connectivity index (χ4v) is 2.34. The summed E-state index contributed by atoms with van der Waals surface area (Å²) < 4.78 is 6.76. The van der Waals surface area contributed by atoms with Gasteiger partial charge in [0.15, 0.2) is 11.4 Å². The number of hydrogen-bond acceptors (Lipinski definition) is 4. The van der Waals surface area contributed by atoms with E-state index in [1.165, 1.54) is 7.11 Å². The minimum atomic E-state index is -0.918. The van der Waals surface area contributed by atoms with E-state index in [1.54, 1.807) is 10.9 Å². The van der Waals surface area contributed by atoms with Crippen LogP contribution in [-0.2, 0) is 4.79 Å². The summed E-state index contributed by atoms with van der Waals surface area (Å²) >= 11 is 0. The summed E-state index contributed by atoms with van der Waals surface area (Å²) in [5.41, 5.74) is 0.922. The molecule has 2 aromatic rings. The van der Waals surface area contributed by atoms with Gasteiger partial charge in [0.25, 0.3) is 5.91 Å². The van der Waals surface area contributed by atoms with Gasteiger partial charge in [-0.2, -0.15) is 5.10 Å². The van der Waals surface area contributed by atoms with Crippen LogP contribution in [0.5, 0.6) is 5.75 Å². The normalized spacial score (nSPS) is 11.8. The SMILES string of the molecule is CCCC(CNC(=O)c1nn(-c2ccccc2)cc1OC)C(=O)O. The highest BCUT2D eigenvalue weighted by molar-refractivity contribution is 5.95. The second-order valence-corrected chi connectivity index (χ2v) is 5.36. The second kappa shape index (κ2) is 8.14. The molecule has 128 valence electrons. The molecule has 1 heterocycles. The largest absolute Gasteiger partial charge is 0.493 e. The predicted octanol–water partition coefficient (Wildman–Crippen LogP) is 2.11. The molecular formula is C17H21N3O4. The van der Waals surface area contributed by atoms with Crippen LogP contribution in [0.1, 0.15) is 30.3 Å². The fourth-order valence-electron chi connectivity index (χ4n) is 2.34. The van der Waals surface area contributed by atoms with Crippen molar-refractivity contribution in [3.05, 3.63) is 42.2 Å². The highest BCUT2D eigenvalue weighted by Gasteiger charge is 2.21. The topological polar surface area (TPSA) is 93.5 Å². The second-order valence-electron chi connectivity index (χ2n) is 5.36. The predicted molar refractivity (Wildman–Crippen MR) is 88.5 cm³/mol. The highest BCUT2D eigenvalue weighted by Crippen LogP contribution is 2.19. The first-order valence-electron chi connectivity index (χ1n) is 7.76. The summed E-state index contributed by atoms with van der Waals surface area (Å²) in [6, 6.07) is 9.33. The van der Waals surface area contributed by atoms with E-state index >= 15 is 0 Å². The van der Waals surface area contributed by atoms with Crippen LogP contribution in [0, 0.1) is 5.92 Å². The van der Waals surface area contributed by atoms with Crippen molar-refractivity contribution in [1.82, 2.24) is 15.1 Å². The number of nitrogens with zero attached hydrogens (tertiary/aromatic N) is 2. The summed E-state index contributed by atoms with van der Waals surface area (Å²) in [4.78, 5) is 23.5. The standard InChI is InChI=1S/C17H21N3O4/c1-3-7-12(17(22)23)10-18-16(21)15-14(24-2)11-20(19-15)13-8-5-4-6-9-13/h4-6,8-9,11-12H,3,7,10H2,1-2H3,(H,18,21)(H,22,23). The maximum atomic E-state index is 12.3. The number of methoxy groups -OCH3 is 1. The van der Waals surface area contributed by atoms with Crippen molar-refractivity contribution in [1.29, 1.82) is 0 Å². The molecule has 1 unspecified atom stereocenters. The van der Waals surface area contributed by atoms with Gasteiger partial charge in [-0.15, -0.1) is 0 Å². The Balaban J connectivity index is 2.14. The lowest BCUT2D eigenvalue weighted by molar-refractivity contribution is -0.141. The van der Waals surface area contributed by atoms with Crippen LogP contribution < -0.4 is 10.1 Å². The average Bonchev–Trinajstić information content (AvgIpc) is 3.03. The first-order chi connectivity index (χ1) is 11.6. The van der Waals surface area contributed by atoms with Crippen molar-refractivity contribution in [3.8, 4) is 11.4 Å². The smallest absolute Gasteiger partial charge is 0.308 e. The summed E-state index contributed by atoms with van der Waals surface area (Å²) in [5.74, 6) is -1.65. The van der Waals surface area contributed by atoms with Gasteiger partial charge in [0.2, 0.25) is 0 Å². The number of aromatic nitrogens is 2. The number of nitrogens with one attached hydrogen (secondary N) is 1. The maximum Gasteiger partial charge on any atom is 0.308 e. The zero-order chi connectivity index (χ0) is 17.5. The number of carboxylic acid groups (broad SMARTS) is 1. The lowest BCUT2D eigenvalue weighted by Gasteiger charge is -2.11. The molecule has 7 heteroatoms. The van der Waals surface area contributed by atoms with Gasteiger partial charge in [0, 0.05) is 6.54 Å². The molecule has 0 aliphatic heterocycles. The molecule has 0 saturated heterocycles. The highest BCUT2D eigenvalue weighted by atomic mass is 16.5. The summed E-state index contributed by atoms with van der Waals surface area (Å²) in [7, 11) is 1.46. The number of rotatable bonds is 8. The third-order valence-corrected chi connectivity index (χ3v) is 3.63. The first-order valence-corrected chi connectivity index (χ1v) is 7.76. The van der Waals surface area contributed by atoms with E-state index in [0.29, 0.717) is 12.2 Å². The summed E-state index contributed by atoms with van der Waals surface area (Å²) in [5, 5.41) is 16.0. The maximum absolute atomic E-state index is 12.3. The Morgan fingerprint density at radius 2 is 2.04 bits per heavy atom. The lowest BCUT2D eigenvalue weighted by Crippen LogP contribution is -2.33. The molecule has 0 aliphatic carbocycles. The molecule has 0 bridgehead atoms. The molecule has 1 atom stereocenters. The van der Waals surface area contributed by atoms with E-state index in [0.717, 1.165) is 12.1 Å². The van der Waals surface area contributed by atoms with Gasteiger partial charge in [-0.05, 0) is 18.6 Å². The van der Waals surface area contributed by atoms with Crippen LogP contribution in [0.15, 0.2) is 36.5 Å². The quantitative estimate of drug-likeness (QED) is 0.773. The van der Waals surface area contributed by atoms with Crippen LogP contribution >= 0.6 is 0 Å². The van der Waals surface area contributed by atoms with Crippen molar-refractivity contribution in [2.45, 2.75) is 19.8 Å². The zero-order valence-electron chi connectivity index (χ0n) is 13.7. The summed E-state index contributed by atoms with van der Waals surface area (Å²) in [6.45, 7) is 1.96. The molecule has 1 aromatic carbocycles. The number of para-hydroxylation sites is 1. The van der Waals surface area contributed by atoms with Crippen LogP contribution in [-0.4, -0.2) is 40.4 Å². The first kappa shape index (κ1) is 17.5. The Morgan fingerprint density at radius 3 is 2.62 bits per heavy atom. The van der Waals surface area contributed by atoms with Gasteiger partial charge >= 0.3 is 5.97 Å². The van der Waals surface area contributed by atoms with Gasteiger partial charge in [-0.3, -0.25) is 9.59 Å². The van der Waals surface area contributed by atoms with Gasteiger partial charge in [0.1, 0.15) is 0 Å². The van der Waals surface area contributed by atoms with Gasteiger partial charge < -0.3 is 15.2 Å². The third-order valence-electron chi connectivity index (χ3n) is 3.63. The molecule has 0 spiro atoms. The number of carbonyl (C=O) groups is 2. The Bertz CT molecular complexity index is 697. The third kappa shape index (κ3) is 4.13.